The van der Waals surface area contributed by atoms with E-state index in [1.165, 1.54) is 11.1 Å². The van der Waals surface area contributed by atoms with Gasteiger partial charge in [0, 0.05) is 36.8 Å². The number of ether oxygens (including phenoxy) is 4. The van der Waals surface area contributed by atoms with Crippen LogP contribution in [0.4, 0.5) is 0 Å². The van der Waals surface area contributed by atoms with Crippen molar-refractivity contribution in [2.24, 2.45) is 5.41 Å². The average molecular weight is 707 g/mol. The molecule has 8 heteroatoms. The van der Waals surface area contributed by atoms with Gasteiger partial charge in [-0.1, -0.05) is 88.4 Å². The maximum Gasteiger partial charge on any atom is 0.172 e. The zero-order valence-corrected chi connectivity index (χ0v) is 33.3. The Bertz CT molecular complexity index is 1310. The van der Waals surface area contributed by atoms with E-state index in [-0.39, 0.29) is 39.8 Å². The van der Waals surface area contributed by atoms with E-state index in [0.717, 1.165) is 38.5 Å². The minimum Gasteiger partial charge on any atom is -0.349 e. The predicted molar refractivity (Wildman–Crippen MR) is 201 cm³/mol. The standard InChI is InChI=1S/C43H66N2O6/c1-11-40(12-2)27-42(25-37(7,8)44(40)50-33(5)35-21-17-15-18-22-35)46-29-39(30-47-42)31-48-43(49-32-39)26-38(9,10)45(41(13-3,14-4)28-43)51-34(6)36-23-19-16-20-24-36/h15-24,33-34H,11-14,25-32H2,1-10H3. The summed E-state index contributed by atoms with van der Waals surface area (Å²) >= 11 is 0. The Balaban J connectivity index is 1.14. The normalized spacial score (nSPS) is 27.3. The van der Waals surface area contributed by atoms with Crippen molar-refractivity contribution >= 4 is 0 Å². The van der Waals surface area contributed by atoms with Crippen molar-refractivity contribution in [2.75, 3.05) is 26.4 Å². The number of hydrogen-bond acceptors (Lipinski definition) is 8. The fraction of sp³-hybridized carbons (Fsp3) is 0.721. The smallest absolute Gasteiger partial charge is 0.172 e. The molecule has 0 N–H and O–H groups in total. The molecule has 4 aliphatic heterocycles. The van der Waals surface area contributed by atoms with Gasteiger partial charge in [0.2, 0.25) is 0 Å². The fourth-order valence-corrected chi connectivity index (χ4v) is 9.87. The van der Waals surface area contributed by atoms with E-state index in [0.29, 0.717) is 39.3 Å². The summed E-state index contributed by atoms with van der Waals surface area (Å²) in [5.41, 5.74) is 0.906. The topological polar surface area (TPSA) is 61.9 Å². The third kappa shape index (κ3) is 7.34. The van der Waals surface area contributed by atoms with Crippen LogP contribution in [0.2, 0.25) is 0 Å². The highest BCUT2D eigenvalue weighted by Crippen LogP contribution is 2.55. The summed E-state index contributed by atoms with van der Waals surface area (Å²) in [5, 5.41) is 4.59. The fourth-order valence-electron chi connectivity index (χ4n) is 9.87. The van der Waals surface area contributed by atoms with E-state index in [1.54, 1.807) is 0 Å². The maximum absolute atomic E-state index is 6.94. The molecule has 0 saturated carbocycles. The molecule has 0 aliphatic carbocycles. The summed E-state index contributed by atoms with van der Waals surface area (Å²) in [6.45, 7) is 24.6. The van der Waals surface area contributed by atoms with Gasteiger partial charge in [0.05, 0.1) is 42.9 Å². The summed E-state index contributed by atoms with van der Waals surface area (Å²) in [5.74, 6) is -1.38. The molecule has 2 unspecified atom stereocenters. The summed E-state index contributed by atoms with van der Waals surface area (Å²) in [7, 11) is 0. The van der Waals surface area contributed by atoms with Gasteiger partial charge in [-0.25, -0.2) is 0 Å². The molecule has 2 atom stereocenters. The molecule has 51 heavy (non-hydrogen) atoms. The number of rotatable bonds is 10. The second-order valence-electron chi connectivity index (χ2n) is 17.6. The first-order valence-corrected chi connectivity index (χ1v) is 19.7. The molecule has 4 fully saturated rings. The van der Waals surface area contributed by atoms with Gasteiger partial charge in [0.25, 0.3) is 0 Å². The van der Waals surface area contributed by atoms with Crippen molar-refractivity contribution in [1.29, 1.82) is 0 Å². The van der Waals surface area contributed by atoms with E-state index in [1.807, 2.05) is 0 Å². The van der Waals surface area contributed by atoms with Gasteiger partial charge in [0.15, 0.2) is 11.6 Å². The second kappa shape index (κ2) is 14.4. The molecule has 284 valence electrons. The van der Waals surface area contributed by atoms with Crippen LogP contribution < -0.4 is 0 Å². The van der Waals surface area contributed by atoms with Gasteiger partial charge in [-0.2, -0.15) is 10.1 Å². The van der Waals surface area contributed by atoms with Gasteiger partial charge in [-0.3, -0.25) is 9.68 Å². The summed E-state index contributed by atoms with van der Waals surface area (Å²) < 4.78 is 27.8. The zero-order valence-electron chi connectivity index (χ0n) is 33.3. The molecule has 4 heterocycles. The maximum atomic E-state index is 6.94. The lowest BCUT2D eigenvalue weighted by atomic mass is 9.72. The number of hydrogen-bond donors (Lipinski definition) is 0. The molecule has 2 aromatic rings. The van der Waals surface area contributed by atoms with Crippen LogP contribution in [0.5, 0.6) is 0 Å². The Morgan fingerprint density at radius 3 is 1.14 bits per heavy atom. The third-order valence-corrected chi connectivity index (χ3v) is 12.8. The van der Waals surface area contributed by atoms with Crippen LogP contribution in [0, 0.1) is 5.41 Å². The molecule has 0 amide bonds. The Morgan fingerprint density at radius 2 is 0.843 bits per heavy atom. The lowest BCUT2D eigenvalue weighted by Crippen LogP contribution is -2.72. The molecule has 3 spiro atoms. The lowest BCUT2D eigenvalue weighted by molar-refractivity contribution is -0.427. The van der Waals surface area contributed by atoms with Crippen molar-refractivity contribution in [3.63, 3.8) is 0 Å². The summed E-state index contributed by atoms with van der Waals surface area (Å²) in [6.07, 6.45) is 6.53. The largest absolute Gasteiger partial charge is 0.349 e. The molecule has 4 saturated heterocycles. The second-order valence-corrected chi connectivity index (χ2v) is 17.6. The van der Waals surface area contributed by atoms with Crippen LogP contribution in [0.3, 0.4) is 0 Å². The first kappa shape index (κ1) is 38.8. The molecule has 0 bridgehead atoms. The highest BCUT2D eigenvalue weighted by molar-refractivity contribution is 5.18. The van der Waals surface area contributed by atoms with Crippen molar-refractivity contribution in [2.45, 2.75) is 167 Å². The molecular weight excluding hydrogens is 640 g/mol. The van der Waals surface area contributed by atoms with Gasteiger partial charge in [-0.15, -0.1) is 0 Å². The van der Waals surface area contributed by atoms with Crippen LogP contribution >= 0.6 is 0 Å². The molecule has 2 aromatic carbocycles. The minimum atomic E-state index is -0.689. The van der Waals surface area contributed by atoms with E-state index in [9.17, 15) is 0 Å². The first-order chi connectivity index (χ1) is 24.1. The number of benzene rings is 2. The van der Waals surface area contributed by atoms with E-state index >= 15 is 0 Å². The van der Waals surface area contributed by atoms with Gasteiger partial charge >= 0.3 is 0 Å². The van der Waals surface area contributed by atoms with Crippen LogP contribution in [-0.4, -0.2) is 70.3 Å². The molecule has 8 nitrogen and oxygen atoms in total. The van der Waals surface area contributed by atoms with Gasteiger partial charge in [-0.05, 0) is 78.4 Å². The Morgan fingerprint density at radius 1 is 0.529 bits per heavy atom. The van der Waals surface area contributed by atoms with E-state index in [2.05, 4.69) is 140 Å². The molecule has 4 aliphatic rings. The Labute approximate surface area is 308 Å². The van der Waals surface area contributed by atoms with Crippen molar-refractivity contribution < 1.29 is 28.6 Å². The zero-order chi connectivity index (χ0) is 36.8. The van der Waals surface area contributed by atoms with Gasteiger partial charge < -0.3 is 18.9 Å². The molecular formula is C43H66N2O6. The summed E-state index contributed by atoms with van der Waals surface area (Å²) in [6, 6.07) is 21.0. The molecule has 0 radical (unpaired) electrons. The Kier molecular flexibility index (Phi) is 11.0. The van der Waals surface area contributed by atoms with Crippen LogP contribution in [-0.2, 0) is 28.6 Å². The number of piperidine rings is 2. The Hall–Kier alpha value is -1.88. The van der Waals surface area contributed by atoms with Crippen molar-refractivity contribution in [1.82, 2.24) is 10.1 Å². The minimum absolute atomic E-state index is 0.0628. The first-order valence-electron chi connectivity index (χ1n) is 19.7. The van der Waals surface area contributed by atoms with Crippen LogP contribution in [0.15, 0.2) is 60.7 Å². The monoisotopic (exact) mass is 706 g/mol. The average Bonchev–Trinajstić information content (AvgIpc) is 3.13. The lowest BCUT2D eigenvalue weighted by Gasteiger charge is -2.63. The number of nitrogens with zero attached hydrogens (tertiary/aromatic N) is 2. The van der Waals surface area contributed by atoms with Crippen molar-refractivity contribution in [3.8, 4) is 0 Å². The third-order valence-electron chi connectivity index (χ3n) is 12.8. The van der Waals surface area contributed by atoms with E-state index in [4.69, 9.17) is 28.6 Å². The molecule has 6 rings (SSSR count). The highest BCUT2D eigenvalue weighted by atomic mass is 16.7. The molecule has 0 aromatic heterocycles. The number of hydroxylamine groups is 4. The van der Waals surface area contributed by atoms with E-state index < -0.39 is 11.6 Å². The van der Waals surface area contributed by atoms with Crippen LogP contribution in [0.25, 0.3) is 0 Å². The highest BCUT2D eigenvalue weighted by Gasteiger charge is 2.63. The van der Waals surface area contributed by atoms with Crippen molar-refractivity contribution in [3.05, 3.63) is 71.8 Å². The summed E-state index contributed by atoms with van der Waals surface area (Å²) in [4.78, 5) is 13.7. The van der Waals surface area contributed by atoms with Gasteiger partial charge in [0.1, 0.15) is 12.2 Å². The predicted octanol–water partition coefficient (Wildman–Crippen LogP) is 9.71. The SMILES string of the molecule is CCC1(CC)CC2(CC(C)(C)N1OC(C)c1ccccc1)OCC1(CO2)COC2(CC(C)(C)N(OC(C)c3ccccc3)C(CC)(CC)C2)OC1. The quantitative estimate of drug-likeness (QED) is 0.242. The van der Waals surface area contributed by atoms with Crippen LogP contribution in [0.1, 0.15) is 144 Å².